The van der Waals surface area contributed by atoms with Gasteiger partial charge in [0.2, 0.25) is 11.7 Å². The van der Waals surface area contributed by atoms with Gasteiger partial charge in [-0.3, -0.25) is 0 Å². The van der Waals surface area contributed by atoms with Crippen LogP contribution in [0.25, 0.3) is 0 Å². The molecule has 0 radical (unpaired) electrons. The summed E-state index contributed by atoms with van der Waals surface area (Å²) in [6.45, 7) is 4.64. The average Bonchev–Trinajstić information content (AvgIpc) is 2.86. The van der Waals surface area contributed by atoms with E-state index in [0.29, 0.717) is 29.0 Å². The molecule has 0 aliphatic rings. The number of halogens is 1. The van der Waals surface area contributed by atoms with Crippen LogP contribution in [0.2, 0.25) is 5.02 Å². The van der Waals surface area contributed by atoms with E-state index >= 15 is 0 Å². The number of aromatic nitrogens is 2. The highest BCUT2D eigenvalue weighted by Crippen LogP contribution is 2.26. The summed E-state index contributed by atoms with van der Waals surface area (Å²) < 4.78 is 10.6. The third-order valence-electron chi connectivity index (χ3n) is 2.57. The number of rotatable bonds is 5. The third-order valence-corrected chi connectivity index (χ3v) is 2.86. The van der Waals surface area contributed by atoms with Gasteiger partial charge in [0.05, 0.1) is 5.02 Å². The maximum atomic E-state index is 6.09. The molecule has 2 rings (SSSR count). The molecule has 0 bridgehead atoms. The van der Waals surface area contributed by atoms with E-state index in [1.165, 1.54) is 0 Å². The van der Waals surface area contributed by atoms with Gasteiger partial charge in [-0.2, -0.15) is 4.98 Å². The first-order valence-electron chi connectivity index (χ1n) is 6.04. The lowest BCUT2D eigenvalue weighted by molar-refractivity contribution is 0.284. The summed E-state index contributed by atoms with van der Waals surface area (Å²) in [6.07, 6.45) is 0. The van der Waals surface area contributed by atoms with Crippen LogP contribution in [0.4, 0.5) is 0 Å². The highest BCUT2D eigenvalue weighted by molar-refractivity contribution is 6.32. The van der Waals surface area contributed by atoms with Crippen molar-refractivity contribution >= 4 is 11.6 Å². The number of hydrogen-bond acceptors (Lipinski definition) is 5. The molecule has 0 fully saturated rings. The van der Waals surface area contributed by atoms with Crippen LogP contribution in [0.5, 0.6) is 5.75 Å². The molecule has 5 nitrogen and oxygen atoms in total. The van der Waals surface area contributed by atoms with E-state index in [4.69, 9.17) is 26.6 Å². The lowest BCUT2D eigenvalue weighted by atomic mass is 10.2. The Morgan fingerprint density at radius 2 is 2.21 bits per heavy atom. The van der Waals surface area contributed by atoms with Gasteiger partial charge in [-0.25, -0.2) is 0 Å². The van der Waals surface area contributed by atoms with Crippen molar-refractivity contribution in [2.45, 2.75) is 32.9 Å². The first-order chi connectivity index (χ1) is 9.10. The van der Waals surface area contributed by atoms with Crippen molar-refractivity contribution in [3.63, 3.8) is 0 Å². The molecule has 0 saturated carbocycles. The molecule has 102 valence electrons. The number of ether oxygens (including phenoxy) is 1. The Balaban J connectivity index is 2.01. The van der Waals surface area contributed by atoms with Crippen molar-refractivity contribution in [1.82, 2.24) is 10.1 Å². The van der Waals surface area contributed by atoms with Crippen LogP contribution in [0.15, 0.2) is 22.7 Å². The number of benzene rings is 1. The van der Waals surface area contributed by atoms with E-state index in [-0.39, 0.29) is 12.5 Å². The fourth-order valence-electron chi connectivity index (χ4n) is 1.49. The standard InChI is InChI=1S/C13H16ClN3O2/c1-8(2)13-16-12(17-19-13)7-18-11-4-3-9(6-15)5-10(11)14/h3-5,8H,6-7,15H2,1-2H3. The molecule has 2 aromatic rings. The number of nitrogens with two attached hydrogens (primary N) is 1. The van der Waals surface area contributed by atoms with Crippen molar-refractivity contribution in [2.75, 3.05) is 0 Å². The normalized spacial score (nSPS) is 11.0. The van der Waals surface area contributed by atoms with Gasteiger partial charge in [-0.05, 0) is 17.7 Å². The zero-order chi connectivity index (χ0) is 13.8. The minimum atomic E-state index is 0.202. The maximum Gasteiger partial charge on any atom is 0.229 e. The molecule has 1 aromatic heterocycles. The van der Waals surface area contributed by atoms with E-state index in [9.17, 15) is 0 Å². The molecular weight excluding hydrogens is 266 g/mol. The van der Waals surface area contributed by atoms with Gasteiger partial charge in [0, 0.05) is 12.5 Å². The summed E-state index contributed by atoms with van der Waals surface area (Å²) in [5.74, 6) is 1.88. The lowest BCUT2D eigenvalue weighted by Gasteiger charge is -2.06. The van der Waals surface area contributed by atoms with Gasteiger partial charge in [0.25, 0.3) is 0 Å². The van der Waals surface area contributed by atoms with E-state index < -0.39 is 0 Å². The molecule has 2 N–H and O–H groups in total. The maximum absolute atomic E-state index is 6.09. The highest BCUT2D eigenvalue weighted by Gasteiger charge is 2.11. The predicted octanol–water partition coefficient (Wildman–Crippen LogP) is 2.88. The van der Waals surface area contributed by atoms with Crippen LogP contribution in [-0.2, 0) is 13.2 Å². The predicted molar refractivity (Wildman–Crippen MR) is 72.1 cm³/mol. The van der Waals surface area contributed by atoms with Gasteiger partial charge in [0.1, 0.15) is 5.75 Å². The SMILES string of the molecule is CC(C)c1nc(COc2ccc(CN)cc2Cl)no1. The second-order valence-corrected chi connectivity index (χ2v) is 4.87. The fourth-order valence-corrected chi connectivity index (χ4v) is 1.75. The Labute approximate surface area is 116 Å². The lowest BCUT2D eigenvalue weighted by Crippen LogP contribution is -2.00. The van der Waals surface area contributed by atoms with Crippen molar-refractivity contribution in [2.24, 2.45) is 5.73 Å². The summed E-state index contributed by atoms with van der Waals surface area (Å²) in [6, 6.07) is 5.44. The van der Waals surface area contributed by atoms with E-state index in [0.717, 1.165) is 5.56 Å². The van der Waals surface area contributed by atoms with E-state index in [2.05, 4.69) is 10.1 Å². The monoisotopic (exact) mass is 281 g/mol. The molecular formula is C13H16ClN3O2. The number of nitrogens with zero attached hydrogens (tertiary/aromatic N) is 2. The summed E-state index contributed by atoms with van der Waals surface area (Å²) in [4.78, 5) is 4.22. The summed E-state index contributed by atoms with van der Waals surface area (Å²) in [5.41, 5.74) is 6.49. The minimum Gasteiger partial charge on any atom is -0.484 e. The third kappa shape index (κ3) is 3.45. The molecule has 0 aliphatic heterocycles. The zero-order valence-electron chi connectivity index (χ0n) is 10.9. The second-order valence-electron chi connectivity index (χ2n) is 4.46. The van der Waals surface area contributed by atoms with Gasteiger partial charge in [0.15, 0.2) is 6.61 Å². The van der Waals surface area contributed by atoms with Gasteiger partial charge < -0.3 is 15.0 Å². The highest BCUT2D eigenvalue weighted by atomic mass is 35.5. The molecule has 0 spiro atoms. The number of hydrogen-bond donors (Lipinski definition) is 1. The molecule has 1 heterocycles. The second kappa shape index (κ2) is 6.04. The quantitative estimate of drug-likeness (QED) is 0.912. The van der Waals surface area contributed by atoms with Crippen LogP contribution >= 0.6 is 11.6 Å². The molecule has 0 saturated heterocycles. The average molecular weight is 282 g/mol. The van der Waals surface area contributed by atoms with Crippen molar-refractivity contribution < 1.29 is 9.26 Å². The Morgan fingerprint density at radius 3 is 2.79 bits per heavy atom. The van der Waals surface area contributed by atoms with Crippen molar-refractivity contribution in [3.8, 4) is 5.75 Å². The summed E-state index contributed by atoms with van der Waals surface area (Å²) in [7, 11) is 0. The summed E-state index contributed by atoms with van der Waals surface area (Å²) >= 11 is 6.09. The Hall–Kier alpha value is -1.59. The molecule has 0 aliphatic carbocycles. The molecule has 1 aromatic carbocycles. The minimum absolute atomic E-state index is 0.202. The van der Waals surface area contributed by atoms with E-state index in [1.54, 1.807) is 12.1 Å². The van der Waals surface area contributed by atoms with Crippen molar-refractivity contribution in [1.29, 1.82) is 0 Å². The van der Waals surface area contributed by atoms with Gasteiger partial charge in [-0.15, -0.1) is 0 Å². The van der Waals surface area contributed by atoms with Crippen LogP contribution in [0.3, 0.4) is 0 Å². The Bertz CT molecular complexity index is 555. The molecule has 0 unspecified atom stereocenters. The Kier molecular flexibility index (Phi) is 4.39. The molecule has 19 heavy (non-hydrogen) atoms. The largest absolute Gasteiger partial charge is 0.484 e. The van der Waals surface area contributed by atoms with Crippen LogP contribution in [0, 0.1) is 0 Å². The topological polar surface area (TPSA) is 74.2 Å². The smallest absolute Gasteiger partial charge is 0.229 e. The van der Waals surface area contributed by atoms with Gasteiger partial charge in [-0.1, -0.05) is 36.7 Å². The van der Waals surface area contributed by atoms with E-state index in [1.807, 2.05) is 19.9 Å². The van der Waals surface area contributed by atoms with Gasteiger partial charge >= 0.3 is 0 Å². The summed E-state index contributed by atoms with van der Waals surface area (Å²) in [5, 5.41) is 4.37. The van der Waals surface area contributed by atoms with Crippen molar-refractivity contribution in [3.05, 3.63) is 40.5 Å². The molecule has 0 amide bonds. The molecule has 6 heteroatoms. The van der Waals surface area contributed by atoms with Crippen LogP contribution < -0.4 is 10.5 Å². The Morgan fingerprint density at radius 1 is 1.42 bits per heavy atom. The molecule has 0 atom stereocenters. The zero-order valence-corrected chi connectivity index (χ0v) is 11.6. The first-order valence-corrected chi connectivity index (χ1v) is 6.41. The van der Waals surface area contributed by atoms with Crippen LogP contribution in [0.1, 0.15) is 37.0 Å². The first kappa shape index (κ1) is 13.8. The fraction of sp³-hybridized carbons (Fsp3) is 0.385. The van der Waals surface area contributed by atoms with Crippen LogP contribution in [-0.4, -0.2) is 10.1 Å².